The van der Waals surface area contributed by atoms with Crippen molar-refractivity contribution in [1.82, 2.24) is 5.32 Å². The summed E-state index contributed by atoms with van der Waals surface area (Å²) in [4.78, 5) is 24.2. The van der Waals surface area contributed by atoms with Gasteiger partial charge in [0, 0.05) is 24.9 Å². The maximum absolute atomic E-state index is 12.4. The molecule has 0 unspecified atom stereocenters. The number of likely N-dealkylation sites (N-methyl/N-ethyl adjacent to an activating group) is 1. The maximum Gasteiger partial charge on any atom is 0.249 e. The lowest BCUT2D eigenvalue weighted by Crippen LogP contribution is -2.37. The molecule has 4 nitrogen and oxygen atoms in total. The van der Waals surface area contributed by atoms with Gasteiger partial charge in [0.2, 0.25) is 5.91 Å². The number of amides is 1. The zero-order chi connectivity index (χ0) is 15.9. The second-order valence-corrected chi connectivity index (χ2v) is 5.07. The number of carbonyl (C=O) groups excluding carboxylic acids is 2. The highest BCUT2D eigenvalue weighted by molar-refractivity contribution is 5.97. The van der Waals surface area contributed by atoms with E-state index in [1.165, 1.54) is 7.05 Å². The summed E-state index contributed by atoms with van der Waals surface area (Å²) in [7, 11) is 1.46. The molecule has 4 heteroatoms. The van der Waals surface area contributed by atoms with Crippen molar-refractivity contribution in [2.45, 2.75) is 18.4 Å². The number of ketones is 1. The van der Waals surface area contributed by atoms with Crippen LogP contribution in [0.15, 0.2) is 60.7 Å². The minimum Gasteiger partial charge on any atom is -0.383 e. The summed E-state index contributed by atoms with van der Waals surface area (Å²) in [6, 6.07) is 18.0. The number of carbonyl (C=O) groups is 2. The summed E-state index contributed by atoms with van der Waals surface area (Å²) in [5.41, 5.74) is 1.34. The lowest BCUT2D eigenvalue weighted by molar-refractivity contribution is -0.129. The maximum atomic E-state index is 12.4. The third-order valence-corrected chi connectivity index (χ3v) is 3.62. The topological polar surface area (TPSA) is 66.4 Å². The molecule has 2 atom stereocenters. The van der Waals surface area contributed by atoms with Crippen LogP contribution < -0.4 is 5.32 Å². The zero-order valence-corrected chi connectivity index (χ0v) is 12.4. The van der Waals surface area contributed by atoms with E-state index in [9.17, 15) is 14.7 Å². The number of hydrogen-bond acceptors (Lipinski definition) is 3. The van der Waals surface area contributed by atoms with Crippen molar-refractivity contribution in [1.29, 1.82) is 0 Å². The van der Waals surface area contributed by atoms with Gasteiger partial charge in [-0.15, -0.1) is 0 Å². The van der Waals surface area contributed by atoms with Gasteiger partial charge in [0.1, 0.15) is 6.10 Å². The Balaban J connectivity index is 2.25. The van der Waals surface area contributed by atoms with Crippen LogP contribution in [0, 0.1) is 0 Å². The van der Waals surface area contributed by atoms with Gasteiger partial charge in [-0.25, -0.2) is 0 Å². The monoisotopic (exact) mass is 297 g/mol. The Kier molecular flexibility index (Phi) is 5.44. The van der Waals surface area contributed by atoms with Crippen LogP contribution in [0.1, 0.15) is 28.3 Å². The van der Waals surface area contributed by atoms with Crippen molar-refractivity contribution < 1.29 is 14.7 Å². The quantitative estimate of drug-likeness (QED) is 0.803. The summed E-state index contributed by atoms with van der Waals surface area (Å²) < 4.78 is 0. The second-order valence-electron chi connectivity index (χ2n) is 5.07. The van der Waals surface area contributed by atoms with Crippen LogP contribution in [0.2, 0.25) is 0 Å². The average Bonchev–Trinajstić information content (AvgIpc) is 2.59. The summed E-state index contributed by atoms with van der Waals surface area (Å²) >= 11 is 0. The van der Waals surface area contributed by atoms with Crippen LogP contribution in [0.4, 0.5) is 0 Å². The SMILES string of the molecule is CNC(=O)[C@@H](O)[C@@H](CC(=O)c1ccccc1)c1ccccc1. The van der Waals surface area contributed by atoms with Gasteiger partial charge in [0.25, 0.3) is 0 Å². The lowest BCUT2D eigenvalue weighted by atomic mass is 9.87. The first-order chi connectivity index (χ1) is 10.6. The third kappa shape index (κ3) is 3.80. The Labute approximate surface area is 129 Å². The number of aliphatic hydroxyl groups is 1. The number of Topliss-reactive ketones (excluding diaryl/α,β-unsaturated/α-hetero) is 1. The smallest absolute Gasteiger partial charge is 0.249 e. The summed E-state index contributed by atoms with van der Waals surface area (Å²) in [6.45, 7) is 0. The summed E-state index contributed by atoms with van der Waals surface area (Å²) in [5.74, 6) is -1.17. The molecule has 2 aromatic carbocycles. The molecule has 2 N–H and O–H groups in total. The molecule has 2 rings (SSSR count). The molecule has 0 fully saturated rings. The first kappa shape index (κ1) is 15.9. The summed E-state index contributed by atoms with van der Waals surface area (Å²) in [6.07, 6.45) is -1.19. The molecule has 0 aliphatic rings. The minimum atomic E-state index is -1.26. The molecule has 0 spiro atoms. The number of rotatable bonds is 6. The van der Waals surface area contributed by atoms with E-state index < -0.39 is 17.9 Å². The van der Waals surface area contributed by atoms with E-state index in [-0.39, 0.29) is 12.2 Å². The number of benzene rings is 2. The first-order valence-corrected chi connectivity index (χ1v) is 7.16. The van der Waals surface area contributed by atoms with Crippen molar-refractivity contribution in [3.8, 4) is 0 Å². The van der Waals surface area contributed by atoms with E-state index >= 15 is 0 Å². The Morgan fingerprint density at radius 1 is 1.00 bits per heavy atom. The van der Waals surface area contributed by atoms with Gasteiger partial charge in [0.15, 0.2) is 5.78 Å². The van der Waals surface area contributed by atoms with E-state index in [1.54, 1.807) is 24.3 Å². The number of aliphatic hydroxyl groups excluding tert-OH is 1. The van der Waals surface area contributed by atoms with Gasteiger partial charge >= 0.3 is 0 Å². The molecule has 0 saturated heterocycles. The normalized spacial score (nSPS) is 13.2. The number of hydrogen-bond donors (Lipinski definition) is 2. The Morgan fingerprint density at radius 3 is 2.09 bits per heavy atom. The second kappa shape index (κ2) is 7.52. The van der Waals surface area contributed by atoms with Crippen LogP contribution in [0.25, 0.3) is 0 Å². The van der Waals surface area contributed by atoms with Gasteiger partial charge in [-0.2, -0.15) is 0 Å². The van der Waals surface area contributed by atoms with Crippen molar-refractivity contribution >= 4 is 11.7 Å². The van der Waals surface area contributed by atoms with E-state index in [0.717, 1.165) is 5.56 Å². The fourth-order valence-electron chi connectivity index (χ4n) is 2.38. The predicted octanol–water partition coefficient (Wildman–Crippen LogP) is 2.15. The molecule has 22 heavy (non-hydrogen) atoms. The highest BCUT2D eigenvalue weighted by Gasteiger charge is 2.29. The van der Waals surface area contributed by atoms with Crippen molar-refractivity contribution in [3.63, 3.8) is 0 Å². The highest BCUT2D eigenvalue weighted by atomic mass is 16.3. The van der Waals surface area contributed by atoms with Crippen LogP contribution in [0.5, 0.6) is 0 Å². The van der Waals surface area contributed by atoms with E-state index in [4.69, 9.17) is 0 Å². The Hall–Kier alpha value is -2.46. The first-order valence-electron chi connectivity index (χ1n) is 7.16. The van der Waals surface area contributed by atoms with Crippen molar-refractivity contribution in [3.05, 3.63) is 71.8 Å². The van der Waals surface area contributed by atoms with Crippen molar-refractivity contribution in [2.75, 3.05) is 7.05 Å². The van der Waals surface area contributed by atoms with Gasteiger partial charge in [-0.1, -0.05) is 60.7 Å². The van der Waals surface area contributed by atoms with E-state index in [0.29, 0.717) is 5.56 Å². The molecule has 0 heterocycles. The molecule has 1 amide bonds. The third-order valence-electron chi connectivity index (χ3n) is 3.62. The van der Waals surface area contributed by atoms with Crippen LogP contribution >= 0.6 is 0 Å². The van der Waals surface area contributed by atoms with Gasteiger partial charge < -0.3 is 10.4 Å². The molecule has 0 aliphatic carbocycles. The Morgan fingerprint density at radius 2 is 1.55 bits per heavy atom. The number of nitrogens with one attached hydrogen (secondary N) is 1. The summed E-state index contributed by atoms with van der Waals surface area (Å²) in [5, 5.41) is 12.7. The molecule has 0 radical (unpaired) electrons. The zero-order valence-electron chi connectivity index (χ0n) is 12.4. The largest absolute Gasteiger partial charge is 0.383 e. The fourth-order valence-corrected chi connectivity index (χ4v) is 2.38. The van der Waals surface area contributed by atoms with Crippen LogP contribution in [-0.4, -0.2) is 29.9 Å². The van der Waals surface area contributed by atoms with Crippen molar-refractivity contribution in [2.24, 2.45) is 0 Å². The molecular formula is C18H19NO3. The molecule has 0 aromatic heterocycles. The van der Waals surface area contributed by atoms with E-state index in [2.05, 4.69) is 5.32 Å². The van der Waals surface area contributed by atoms with E-state index in [1.807, 2.05) is 36.4 Å². The Bertz CT molecular complexity index is 625. The van der Waals surface area contributed by atoms with Gasteiger partial charge in [-0.05, 0) is 5.56 Å². The average molecular weight is 297 g/mol. The molecule has 0 saturated carbocycles. The lowest BCUT2D eigenvalue weighted by Gasteiger charge is -2.21. The fraction of sp³-hybridized carbons (Fsp3) is 0.222. The van der Waals surface area contributed by atoms with Gasteiger partial charge in [-0.3, -0.25) is 9.59 Å². The molecule has 0 aliphatic heterocycles. The molecule has 0 bridgehead atoms. The minimum absolute atomic E-state index is 0.0720. The molecule has 114 valence electrons. The van der Waals surface area contributed by atoms with Gasteiger partial charge in [0.05, 0.1) is 0 Å². The standard InChI is InChI=1S/C18H19NO3/c1-19-18(22)17(21)15(13-8-4-2-5-9-13)12-16(20)14-10-6-3-7-11-14/h2-11,15,17,21H,12H2,1H3,(H,19,22)/t15-,17-/m0/s1. The molecule has 2 aromatic rings. The van der Waals surface area contributed by atoms with Crippen LogP contribution in [-0.2, 0) is 4.79 Å². The van der Waals surface area contributed by atoms with Crippen LogP contribution in [0.3, 0.4) is 0 Å². The predicted molar refractivity (Wildman–Crippen MR) is 84.6 cm³/mol. The highest BCUT2D eigenvalue weighted by Crippen LogP contribution is 2.25. The molecular weight excluding hydrogens is 278 g/mol.